The molecule has 0 fully saturated rings. The summed E-state index contributed by atoms with van der Waals surface area (Å²) < 4.78 is 25.0. The zero-order valence-electron chi connectivity index (χ0n) is 10.5. The van der Waals surface area contributed by atoms with Gasteiger partial charge in [-0.2, -0.15) is 0 Å². The maximum atomic E-state index is 11.2. The molecule has 0 spiro atoms. The summed E-state index contributed by atoms with van der Waals surface area (Å²) in [4.78, 5) is 3.45. The van der Waals surface area contributed by atoms with Gasteiger partial charge in [-0.1, -0.05) is 19.9 Å². The normalized spacial score (nSPS) is 14.1. The minimum absolute atomic E-state index is 0.125. The Hall–Kier alpha value is -0.430. The minimum Gasteiger partial charge on any atom is -0.295 e. The number of hydrogen-bond donors (Lipinski definition) is 1. The summed E-state index contributed by atoms with van der Waals surface area (Å²) in [7, 11) is -3.13. The average molecular weight is 276 g/mol. The molecule has 1 unspecified atom stereocenters. The third-order valence-corrected chi connectivity index (χ3v) is 4.33. The molecular formula is C11H20N2O2S2. The van der Waals surface area contributed by atoms with Crippen LogP contribution in [0.5, 0.6) is 0 Å². The second-order valence-electron chi connectivity index (χ2n) is 3.87. The Bertz CT molecular complexity index is 411. The summed E-state index contributed by atoms with van der Waals surface area (Å²) in [5.41, 5.74) is 0. The molecule has 1 aromatic rings. The topological polar surface area (TPSA) is 49.4 Å². The van der Waals surface area contributed by atoms with Crippen molar-refractivity contribution >= 4 is 21.4 Å². The predicted molar refractivity (Wildman–Crippen MR) is 72.8 cm³/mol. The van der Waals surface area contributed by atoms with Gasteiger partial charge in [-0.15, -0.1) is 11.3 Å². The van der Waals surface area contributed by atoms with Gasteiger partial charge >= 0.3 is 0 Å². The van der Waals surface area contributed by atoms with Crippen molar-refractivity contribution < 1.29 is 8.42 Å². The lowest BCUT2D eigenvalue weighted by Gasteiger charge is -2.28. The summed E-state index contributed by atoms with van der Waals surface area (Å²) in [5.74, 6) is 0. The van der Waals surface area contributed by atoms with E-state index >= 15 is 0 Å². The van der Waals surface area contributed by atoms with Gasteiger partial charge in [-0.3, -0.25) is 4.90 Å². The molecule has 0 radical (unpaired) electrons. The Morgan fingerprint density at radius 1 is 1.41 bits per heavy atom. The monoisotopic (exact) mass is 276 g/mol. The summed E-state index contributed by atoms with van der Waals surface area (Å²) in [5, 5.41) is 2.02. The number of nitrogens with zero attached hydrogens (tertiary/aromatic N) is 1. The molecule has 1 aromatic heterocycles. The van der Waals surface area contributed by atoms with Crippen LogP contribution >= 0.6 is 11.3 Å². The number of hydrogen-bond acceptors (Lipinski definition) is 4. The number of nitrogens with one attached hydrogen (secondary N) is 1. The summed E-state index contributed by atoms with van der Waals surface area (Å²) in [6.45, 7) is 6.42. The molecule has 0 aliphatic heterocycles. The first kappa shape index (κ1) is 14.6. The highest BCUT2D eigenvalue weighted by Crippen LogP contribution is 2.24. The fourth-order valence-electron chi connectivity index (χ4n) is 1.79. The Balaban J connectivity index is 2.80. The van der Waals surface area contributed by atoms with Crippen molar-refractivity contribution in [2.45, 2.75) is 19.9 Å². The molecule has 4 nitrogen and oxygen atoms in total. The van der Waals surface area contributed by atoms with Crippen LogP contribution < -0.4 is 4.72 Å². The van der Waals surface area contributed by atoms with E-state index in [1.807, 2.05) is 11.4 Å². The first-order chi connectivity index (χ1) is 7.98. The molecular weight excluding hydrogens is 256 g/mol. The molecule has 1 N–H and O–H groups in total. The average Bonchev–Trinajstić information content (AvgIpc) is 2.76. The second kappa shape index (κ2) is 6.49. The van der Waals surface area contributed by atoms with Gasteiger partial charge in [0.05, 0.1) is 12.3 Å². The highest BCUT2D eigenvalue weighted by atomic mass is 32.2. The van der Waals surface area contributed by atoms with Crippen LogP contribution in [0, 0.1) is 0 Å². The third kappa shape index (κ3) is 4.75. The van der Waals surface area contributed by atoms with Crippen LogP contribution in [0.4, 0.5) is 0 Å². The molecule has 0 saturated carbocycles. The number of thiophene rings is 1. The Labute approximate surface area is 108 Å². The number of rotatable bonds is 7. The summed E-state index contributed by atoms with van der Waals surface area (Å²) in [6, 6.07) is 4.17. The molecule has 1 heterocycles. The van der Waals surface area contributed by atoms with Crippen LogP contribution in [0.3, 0.4) is 0 Å². The van der Waals surface area contributed by atoms with Gasteiger partial charge in [0.15, 0.2) is 0 Å². The molecule has 0 amide bonds. The van der Waals surface area contributed by atoms with Crippen LogP contribution in [-0.2, 0) is 10.0 Å². The Morgan fingerprint density at radius 3 is 2.47 bits per heavy atom. The molecule has 0 bridgehead atoms. The third-order valence-electron chi connectivity index (χ3n) is 2.66. The maximum Gasteiger partial charge on any atom is 0.208 e. The molecule has 1 atom stereocenters. The summed E-state index contributed by atoms with van der Waals surface area (Å²) >= 11 is 1.66. The van der Waals surface area contributed by atoms with Gasteiger partial charge in [0, 0.05) is 11.4 Å². The Morgan fingerprint density at radius 2 is 2.06 bits per heavy atom. The smallest absolute Gasteiger partial charge is 0.208 e. The van der Waals surface area contributed by atoms with E-state index in [4.69, 9.17) is 0 Å². The van der Waals surface area contributed by atoms with Crippen molar-refractivity contribution in [2.75, 3.05) is 25.9 Å². The lowest BCUT2D eigenvalue weighted by molar-refractivity contribution is 0.223. The van der Waals surface area contributed by atoms with Crippen LogP contribution in [-0.4, -0.2) is 39.2 Å². The Kier molecular flexibility index (Phi) is 5.58. The number of sulfonamides is 1. The highest BCUT2D eigenvalue weighted by Gasteiger charge is 2.19. The van der Waals surface area contributed by atoms with Crippen molar-refractivity contribution in [1.29, 1.82) is 0 Å². The van der Waals surface area contributed by atoms with Crippen molar-refractivity contribution in [3.05, 3.63) is 22.4 Å². The van der Waals surface area contributed by atoms with Crippen LogP contribution in [0.25, 0.3) is 0 Å². The van der Waals surface area contributed by atoms with Gasteiger partial charge in [0.2, 0.25) is 10.0 Å². The summed E-state index contributed by atoms with van der Waals surface area (Å²) in [6.07, 6.45) is 1.20. The van der Waals surface area contributed by atoms with Gasteiger partial charge in [-0.05, 0) is 24.5 Å². The minimum atomic E-state index is -3.13. The van der Waals surface area contributed by atoms with Crippen LogP contribution in [0.1, 0.15) is 24.8 Å². The van der Waals surface area contributed by atoms with Gasteiger partial charge in [-0.25, -0.2) is 13.1 Å². The zero-order chi connectivity index (χ0) is 12.9. The molecule has 0 aliphatic rings. The van der Waals surface area contributed by atoms with E-state index in [0.29, 0.717) is 6.54 Å². The SMILES string of the molecule is CCN(CC)C(CNS(C)(=O)=O)c1cccs1. The van der Waals surface area contributed by atoms with E-state index in [1.165, 1.54) is 11.1 Å². The largest absolute Gasteiger partial charge is 0.295 e. The van der Waals surface area contributed by atoms with Crippen molar-refractivity contribution in [3.63, 3.8) is 0 Å². The fourth-order valence-corrected chi connectivity index (χ4v) is 3.11. The number of likely N-dealkylation sites (N-methyl/N-ethyl adjacent to an activating group) is 1. The first-order valence-electron chi connectivity index (χ1n) is 5.70. The second-order valence-corrected chi connectivity index (χ2v) is 6.69. The standard InChI is InChI=1S/C11H20N2O2S2/c1-4-13(5-2)10(9-12-17(3,14)15)11-7-6-8-16-11/h6-8,10,12H,4-5,9H2,1-3H3. The molecule has 6 heteroatoms. The quantitative estimate of drug-likeness (QED) is 0.824. The van der Waals surface area contributed by atoms with Crippen LogP contribution in [0.15, 0.2) is 17.5 Å². The van der Waals surface area contributed by atoms with E-state index in [-0.39, 0.29) is 6.04 Å². The van der Waals surface area contributed by atoms with Crippen molar-refractivity contribution in [2.24, 2.45) is 0 Å². The van der Waals surface area contributed by atoms with Gasteiger partial charge in [0.1, 0.15) is 0 Å². The van der Waals surface area contributed by atoms with Crippen molar-refractivity contribution in [3.8, 4) is 0 Å². The molecule has 17 heavy (non-hydrogen) atoms. The van der Waals surface area contributed by atoms with Gasteiger partial charge in [0.25, 0.3) is 0 Å². The van der Waals surface area contributed by atoms with E-state index in [2.05, 4.69) is 29.5 Å². The lowest BCUT2D eigenvalue weighted by atomic mass is 10.2. The predicted octanol–water partition coefficient (Wildman–Crippen LogP) is 1.68. The molecule has 1 rings (SSSR count). The van der Waals surface area contributed by atoms with E-state index in [9.17, 15) is 8.42 Å². The lowest BCUT2D eigenvalue weighted by Crippen LogP contribution is -2.37. The van der Waals surface area contributed by atoms with Gasteiger partial charge < -0.3 is 0 Å². The molecule has 0 aromatic carbocycles. The van der Waals surface area contributed by atoms with Crippen LogP contribution in [0.2, 0.25) is 0 Å². The van der Waals surface area contributed by atoms with Crippen molar-refractivity contribution in [1.82, 2.24) is 9.62 Å². The molecule has 0 aliphatic carbocycles. The first-order valence-corrected chi connectivity index (χ1v) is 8.47. The zero-order valence-corrected chi connectivity index (χ0v) is 12.1. The maximum absolute atomic E-state index is 11.2. The van der Waals surface area contributed by atoms with E-state index in [0.717, 1.165) is 13.1 Å². The molecule has 0 saturated heterocycles. The molecule has 98 valence electrons. The highest BCUT2D eigenvalue weighted by molar-refractivity contribution is 7.88. The fraction of sp³-hybridized carbons (Fsp3) is 0.636. The van der Waals surface area contributed by atoms with E-state index in [1.54, 1.807) is 11.3 Å². The van der Waals surface area contributed by atoms with E-state index < -0.39 is 10.0 Å².